The zero-order valence-corrected chi connectivity index (χ0v) is 27.0. The van der Waals surface area contributed by atoms with Gasteiger partial charge in [-0.1, -0.05) is 6.07 Å². The number of hydrogen-bond acceptors (Lipinski definition) is 8. The molecule has 15 heteroatoms. The first-order valence-corrected chi connectivity index (χ1v) is 15.2. The molecule has 2 atom stereocenters. The fourth-order valence-corrected chi connectivity index (χ4v) is 6.09. The Morgan fingerprint density at radius 1 is 1.15 bits per heavy atom. The molecule has 0 saturated carbocycles. The molecule has 1 saturated heterocycles. The minimum atomic E-state index is -4.73. The minimum Gasteiger partial charge on any atom is -0.493 e. The van der Waals surface area contributed by atoms with Gasteiger partial charge in [0.25, 0.3) is 11.5 Å². The lowest BCUT2D eigenvalue weighted by Gasteiger charge is -2.38. The lowest BCUT2D eigenvalue weighted by Crippen LogP contribution is -2.53. The number of rotatable bonds is 7. The number of amides is 1. The maximum absolute atomic E-state index is 15.4. The zero-order valence-electron chi connectivity index (χ0n) is 27.0. The molecule has 0 bridgehead atoms. The van der Waals surface area contributed by atoms with Crippen LogP contribution in [-0.2, 0) is 34.2 Å². The highest BCUT2D eigenvalue weighted by molar-refractivity contribution is 5.97. The molecule has 2 aliphatic heterocycles. The van der Waals surface area contributed by atoms with Crippen molar-refractivity contribution in [1.29, 1.82) is 0 Å². The monoisotopic (exact) mass is 678 g/mol. The number of anilines is 1. The second-order valence-electron chi connectivity index (χ2n) is 11.8. The van der Waals surface area contributed by atoms with Crippen molar-refractivity contribution >= 4 is 17.6 Å². The molecule has 5 rings (SSSR count). The molecule has 3 heterocycles. The van der Waals surface area contributed by atoms with Crippen LogP contribution < -0.4 is 15.2 Å². The van der Waals surface area contributed by atoms with E-state index in [4.69, 9.17) is 14.2 Å². The second kappa shape index (κ2) is 13.5. The predicted molar refractivity (Wildman–Crippen MR) is 164 cm³/mol. The summed E-state index contributed by atoms with van der Waals surface area (Å²) in [6.45, 7) is 2.86. The number of ether oxygens (including phenoxy) is 3. The summed E-state index contributed by atoms with van der Waals surface area (Å²) in [5.41, 5.74) is 1.51. The Morgan fingerprint density at radius 3 is 2.48 bits per heavy atom. The first kappa shape index (κ1) is 34.8. The number of likely N-dealkylation sites (N-methyl/N-ethyl adjacent to an activating group) is 1. The van der Waals surface area contributed by atoms with Crippen LogP contribution in [0.4, 0.5) is 27.6 Å². The first-order chi connectivity index (χ1) is 22.6. The third-order valence-corrected chi connectivity index (χ3v) is 9.00. The average Bonchev–Trinajstić information content (AvgIpc) is 3.06. The van der Waals surface area contributed by atoms with Gasteiger partial charge in [-0.2, -0.15) is 13.2 Å². The molecule has 2 aliphatic rings. The highest BCUT2D eigenvalue weighted by Gasteiger charge is 2.46. The summed E-state index contributed by atoms with van der Waals surface area (Å²) in [4.78, 5) is 45.9. The van der Waals surface area contributed by atoms with Crippen LogP contribution in [0.25, 0.3) is 11.3 Å². The largest absolute Gasteiger partial charge is 0.493 e. The number of halogens is 5. The second-order valence-corrected chi connectivity index (χ2v) is 11.8. The number of carbonyl (C=O) groups is 2. The standard InChI is InChI=1S/C33H35F5N4O6/c1-17-18(2)40(3)31(44)28(39-17)22-9-8-19(21-7-6-11-48-29(21)22)13-25(32(45)46-5)41(4)30(43)27-23(34)14-20(15-24(27)35)42-10-12-47-16-26(42)33(36,37)38/h8-9,14-15,25-26H,6-7,10-13,16H2,1-5H3/t25-,26+/m0/s1. The van der Waals surface area contributed by atoms with Gasteiger partial charge in [0.05, 0.1) is 32.6 Å². The number of hydrogen-bond donors (Lipinski definition) is 0. The Hall–Kier alpha value is -4.53. The van der Waals surface area contributed by atoms with Crippen molar-refractivity contribution in [3.63, 3.8) is 0 Å². The number of methoxy groups -OCH3 is 1. The number of benzene rings is 2. The maximum atomic E-state index is 15.4. The normalized spacial score (nSPS) is 17.0. The van der Waals surface area contributed by atoms with E-state index in [1.54, 1.807) is 33.0 Å². The van der Waals surface area contributed by atoms with Crippen molar-refractivity contribution in [3.8, 4) is 17.0 Å². The van der Waals surface area contributed by atoms with E-state index in [1.165, 1.54) is 11.6 Å². The first-order valence-electron chi connectivity index (χ1n) is 15.2. The molecule has 1 aromatic heterocycles. The van der Waals surface area contributed by atoms with E-state index in [1.807, 2.05) is 0 Å². The van der Waals surface area contributed by atoms with Crippen molar-refractivity contribution in [3.05, 3.63) is 74.3 Å². The van der Waals surface area contributed by atoms with Crippen molar-refractivity contribution in [1.82, 2.24) is 14.5 Å². The molecule has 0 radical (unpaired) electrons. The summed E-state index contributed by atoms with van der Waals surface area (Å²) >= 11 is 0. The fraction of sp³-hybridized carbons (Fsp3) is 0.455. The Bertz CT molecular complexity index is 1790. The Morgan fingerprint density at radius 2 is 1.83 bits per heavy atom. The number of carbonyl (C=O) groups excluding carboxylic acids is 2. The molecule has 1 amide bonds. The van der Waals surface area contributed by atoms with Gasteiger partial charge in [0.15, 0.2) is 0 Å². The molecule has 0 spiro atoms. The Labute approximate surface area is 273 Å². The molecule has 2 aromatic carbocycles. The van der Waals surface area contributed by atoms with Crippen LogP contribution in [0.1, 0.15) is 39.3 Å². The number of morpholine rings is 1. The smallest absolute Gasteiger partial charge is 0.411 e. The topological polar surface area (TPSA) is 103 Å². The molecule has 0 aliphatic carbocycles. The summed E-state index contributed by atoms with van der Waals surface area (Å²) < 4.78 is 89.1. The van der Waals surface area contributed by atoms with Gasteiger partial charge < -0.3 is 28.6 Å². The molecule has 258 valence electrons. The Kier molecular flexibility index (Phi) is 9.81. The predicted octanol–water partition coefficient (Wildman–Crippen LogP) is 4.29. The number of alkyl halides is 3. The number of nitrogens with zero attached hydrogens (tertiary/aromatic N) is 4. The highest BCUT2D eigenvalue weighted by Crippen LogP contribution is 2.38. The number of aryl methyl sites for hydroxylation is 1. The summed E-state index contributed by atoms with van der Waals surface area (Å²) in [5, 5.41) is 0. The lowest BCUT2D eigenvalue weighted by atomic mass is 9.91. The average molecular weight is 679 g/mol. The van der Waals surface area contributed by atoms with Crippen LogP contribution in [0.2, 0.25) is 0 Å². The van der Waals surface area contributed by atoms with E-state index in [0.29, 0.717) is 65.4 Å². The molecule has 10 nitrogen and oxygen atoms in total. The van der Waals surface area contributed by atoms with Gasteiger partial charge in [-0.05, 0) is 56.0 Å². The molecule has 1 fully saturated rings. The van der Waals surface area contributed by atoms with Gasteiger partial charge in [0.1, 0.15) is 40.7 Å². The van der Waals surface area contributed by atoms with Crippen LogP contribution >= 0.6 is 0 Å². The minimum absolute atomic E-state index is 0.0897. The van der Waals surface area contributed by atoms with E-state index < -0.39 is 59.6 Å². The van der Waals surface area contributed by atoms with Crippen LogP contribution in [0.15, 0.2) is 29.1 Å². The van der Waals surface area contributed by atoms with E-state index in [-0.39, 0.29) is 30.8 Å². The van der Waals surface area contributed by atoms with Crippen LogP contribution in [0.5, 0.6) is 5.75 Å². The third kappa shape index (κ3) is 6.47. The van der Waals surface area contributed by atoms with Crippen molar-refractivity contribution < 1.29 is 45.8 Å². The summed E-state index contributed by atoms with van der Waals surface area (Å²) in [5.74, 6) is -4.46. The van der Waals surface area contributed by atoms with Gasteiger partial charge in [-0.25, -0.2) is 18.6 Å². The van der Waals surface area contributed by atoms with E-state index in [2.05, 4.69) is 4.98 Å². The van der Waals surface area contributed by atoms with E-state index in [9.17, 15) is 27.6 Å². The number of aromatic nitrogens is 2. The number of esters is 1. The van der Waals surface area contributed by atoms with Crippen LogP contribution in [-0.4, -0.2) is 85.1 Å². The number of fused-ring (bicyclic) bond motifs is 1. The van der Waals surface area contributed by atoms with Gasteiger partial charge >= 0.3 is 12.1 Å². The quantitative estimate of drug-likeness (QED) is 0.270. The molecular formula is C33H35F5N4O6. The van der Waals surface area contributed by atoms with Crippen molar-refractivity contribution in [2.75, 3.05) is 45.4 Å². The zero-order chi connectivity index (χ0) is 35.1. The molecule has 0 unspecified atom stereocenters. The Balaban J connectivity index is 1.48. The molecule has 0 N–H and O–H groups in total. The van der Waals surface area contributed by atoms with E-state index in [0.717, 1.165) is 16.9 Å². The van der Waals surface area contributed by atoms with Crippen molar-refractivity contribution in [2.45, 2.75) is 51.4 Å². The molecular weight excluding hydrogens is 643 g/mol. The summed E-state index contributed by atoms with van der Waals surface area (Å²) in [6, 6.07) is 1.17. The van der Waals surface area contributed by atoms with Gasteiger partial charge in [0.2, 0.25) is 0 Å². The third-order valence-electron chi connectivity index (χ3n) is 9.00. The van der Waals surface area contributed by atoms with Gasteiger partial charge in [-0.15, -0.1) is 0 Å². The van der Waals surface area contributed by atoms with Gasteiger partial charge in [-0.3, -0.25) is 9.59 Å². The van der Waals surface area contributed by atoms with Crippen LogP contribution in [0.3, 0.4) is 0 Å². The molecule has 3 aromatic rings. The SMILES string of the molecule is COC(=O)[C@H](Cc1ccc(-c2nc(C)c(C)n(C)c2=O)c2c1CCCO2)N(C)C(=O)c1c(F)cc(N2CCOC[C@@H]2C(F)(F)F)cc1F. The van der Waals surface area contributed by atoms with Crippen LogP contribution in [0, 0.1) is 25.5 Å². The maximum Gasteiger partial charge on any atom is 0.411 e. The summed E-state index contributed by atoms with van der Waals surface area (Å²) in [7, 11) is 3.93. The highest BCUT2D eigenvalue weighted by atomic mass is 19.4. The molecule has 48 heavy (non-hydrogen) atoms. The fourth-order valence-electron chi connectivity index (χ4n) is 6.09. The lowest BCUT2D eigenvalue weighted by molar-refractivity contribution is -0.167. The van der Waals surface area contributed by atoms with E-state index >= 15 is 8.78 Å². The van der Waals surface area contributed by atoms with Gasteiger partial charge in [0, 0.05) is 44.0 Å². The van der Waals surface area contributed by atoms with Crippen molar-refractivity contribution in [2.24, 2.45) is 7.05 Å². The summed E-state index contributed by atoms with van der Waals surface area (Å²) in [6.07, 6.45) is -3.73.